The van der Waals surface area contributed by atoms with E-state index in [0.717, 1.165) is 0 Å². The van der Waals surface area contributed by atoms with E-state index in [-0.39, 0.29) is 5.91 Å². The molecule has 22 heavy (non-hydrogen) atoms. The molecule has 1 amide bonds. The summed E-state index contributed by atoms with van der Waals surface area (Å²) < 4.78 is 10.7. The van der Waals surface area contributed by atoms with E-state index in [9.17, 15) is 4.79 Å². The fraction of sp³-hybridized carbons (Fsp3) is 0.188. The summed E-state index contributed by atoms with van der Waals surface area (Å²) in [6.45, 7) is 1.64. The maximum atomic E-state index is 12.1. The van der Waals surface area contributed by atoms with E-state index in [1.54, 1.807) is 56.5 Å². The van der Waals surface area contributed by atoms with E-state index in [0.29, 0.717) is 27.2 Å². The van der Waals surface area contributed by atoms with Gasteiger partial charge in [0.15, 0.2) is 6.10 Å². The summed E-state index contributed by atoms with van der Waals surface area (Å²) >= 11 is 11.8. The van der Waals surface area contributed by atoms with Crippen molar-refractivity contribution in [2.45, 2.75) is 13.0 Å². The molecule has 6 heteroatoms. The lowest BCUT2D eigenvalue weighted by molar-refractivity contribution is -0.122. The molecule has 2 aromatic carbocycles. The molecule has 0 aliphatic heterocycles. The third-order valence-electron chi connectivity index (χ3n) is 2.86. The lowest BCUT2D eigenvalue weighted by Crippen LogP contribution is -2.30. The molecular weight excluding hydrogens is 325 g/mol. The minimum atomic E-state index is -0.708. The number of carbonyl (C=O) groups excluding carboxylic acids is 1. The largest absolute Gasteiger partial charge is 0.497 e. The van der Waals surface area contributed by atoms with Gasteiger partial charge in [0.1, 0.15) is 11.5 Å². The van der Waals surface area contributed by atoms with Crippen molar-refractivity contribution in [3.63, 3.8) is 0 Å². The van der Waals surface area contributed by atoms with Crippen molar-refractivity contribution in [1.82, 2.24) is 0 Å². The predicted molar refractivity (Wildman–Crippen MR) is 88.2 cm³/mol. The Morgan fingerprint density at radius 1 is 1.09 bits per heavy atom. The second-order valence-electron chi connectivity index (χ2n) is 4.59. The van der Waals surface area contributed by atoms with Gasteiger partial charge >= 0.3 is 0 Å². The first-order chi connectivity index (χ1) is 10.5. The van der Waals surface area contributed by atoms with Gasteiger partial charge in [-0.25, -0.2) is 0 Å². The fourth-order valence-electron chi connectivity index (χ4n) is 1.80. The Morgan fingerprint density at radius 3 is 2.41 bits per heavy atom. The van der Waals surface area contributed by atoms with Gasteiger partial charge < -0.3 is 14.8 Å². The molecule has 0 spiro atoms. The van der Waals surface area contributed by atoms with Crippen LogP contribution in [0.4, 0.5) is 5.69 Å². The lowest BCUT2D eigenvalue weighted by atomic mass is 10.2. The van der Waals surface area contributed by atoms with Crippen molar-refractivity contribution in [2.75, 3.05) is 12.4 Å². The SMILES string of the molecule is COc1cccc(NC(=O)C(C)Oc2cc(Cl)cc(Cl)c2)c1. The molecule has 2 aromatic rings. The van der Waals surface area contributed by atoms with Crippen molar-refractivity contribution >= 4 is 34.8 Å². The van der Waals surface area contributed by atoms with Gasteiger partial charge in [-0.3, -0.25) is 4.79 Å². The summed E-state index contributed by atoms with van der Waals surface area (Å²) in [5.41, 5.74) is 0.629. The van der Waals surface area contributed by atoms with Crippen LogP contribution in [0.5, 0.6) is 11.5 Å². The van der Waals surface area contributed by atoms with Gasteiger partial charge in [0.05, 0.1) is 7.11 Å². The van der Waals surface area contributed by atoms with Crippen LogP contribution in [0.25, 0.3) is 0 Å². The zero-order valence-corrected chi connectivity index (χ0v) is 13.6. The molecule has 0 aliphatic carbocycles. The predicted octanol–water partition coefficient (Wildman–Crippen LogP) is 4.41. The third kappa shape index (κ3) is 4.55. The zero-order valence-electron chi connectivity index (χ0n) is 12.1. The van der Waals surface area contributed by atoms with Crippen molar-refractivity contribution < 1.29 is 14.3 Å². The number of benzene rings is 2. The van der Waals surface area contributed by atoms with Crippen molar-refractivity contribution in [3.05, 3.63) is 52.5 Å². The van der Waals surface area contributed by atoms with Crippen LogP contribution in [0.1, 0.15) is 6.92 Å². The first kappa shape index (κ1) is 16.5. The molecule has 2 rings (SSSR count). The Labute approximate surface area is 138 Å². The molecule has 4 nitrogen and oxygen atoms in total. The van der Waals surface area contributed by atoms with E-state index in [2.05, 4.69) is 5.32 Å². The Hall–Kier alpha value is -1.91. The molecule has 1 atom stereocenters. The first-order valence-corrected chi connectivity index (χ1v) is 7.31. The Kier molecular flexibility index (Phi) is 5.52. The van der Waals surface area contributed by atoms with E-state index < -0.39 is 6.10 Å². The number of carbonyl (C=O) groups is 1. The molecule has 1 unspecified atom stereocenters. The molecule has 0 fully saturated rings. The molecule has 0 aromatic heterocycles. The van der Waals surface area contributed by atoms with Crippen LogP contribution in [0.15, 0.2) is 42.5 Å². The second kappa shape index (κ2) is 7.38. The van der Waals surface area contributed by atoms with Gasteiger partial charge in [0, 0.05) is 21.8 Å². The van der Waals surface area contributed by atoms with Gasteiger partial charge in [-0.2, -0.15) is 0 Å². The average Bonchev–Trinajstić information content (AvgIpc) is 2.46. The topological polar surface area (TPSA) is 47.6 Å². The molecule has 0 saturated carbocycles. The summed E-state index contributed by atoms with van der Waals surface area (Å²) in [7, 11) is 1.57. The van der Waals surface area contributed by atoms with Crippen LogP contribution in [0.3, 0.4) is 0 Å². The number of anilines is 1. The van der Waals surface area contributed by atoms with Gasteiger partial charge in [0.25, 0.3) is 5.91 Å². The number of amides is 1. The van der Waals surface area contributed by atoms with Crippen LogP contribution in [0.2, 0.25) is 10.0 Å². The monoisotopic (exact) mass is 339 g/mol. The molecule has 116 valence electrons. The molecule has 0 radical (unpaired) electrons. The summed E-state index contributed by atoms with van der Waals surface area (Å²) in [4.78, 5) is 12.1. The maximum Gasteiger partial charge on any atom is 0.265 e. The quantitative estimate of drug-likeness (QED) is 0.877. The number of rotatable bonds is 5. The third-order valence-corrected chi connectivity index (χ3v) is 3.29. The Balaban J connectivity index is 2.02. The molecule has 0 bridgehead atoms. The summed E-state index contributed by atoms with van der Waals surface area (Å²) in [6.07, 6.45) is -0.708. The van der Waals surface area contributed by atoms with Crippen LogP contribution in [-0.4, -0.2) is 19.1 Å². The highest BCUT2D eigenvalue weighted by Crippen LogP contribution is 2.25. The molecule has 0 aliphatic rings. The van der Waals surface area contributed by atoms with E-state index in [1.165, 1.54) is 0 Å². The van der Waals surface area contributed by atoms with E-state index in [4.69, 9.17) is 32.7 Å². The Morgan fingerprint density at radius 2 is 1.77 bits per heavy atom. The van der Waals surface area contributed by atoms with Gasteiger partial charge in [-0.1, -0.05) is 29.3 Å². The number of ether oxygens (including phenoxy) is 2. The molecule has 0 heterocycles. The standard InChI is InChI=1S/C16H15Cl2NO3/c1-10(22-15-7-11(17)6-12(18)8-15)16(20)19-13-4-3-5-14(9-13)21-2/h3-10H,1-2H3,(H,19,20). The number of hydrogen-bond acceptors (Lipinski definition) is 3. The zero-order chi connectivity index (χ0) is 16.1. The fourth-order valence-corrected chi connectivity index (χ4v) is 2.30. The van der Waals surface area contributed by atoms with Crippen LogP contribution in [0, 0.1) is 0 Å². The lowest BCUT2D eigenvalue weighted by Gasteiger charge is -2.15. The van der Waals surface area contributed by atoms with E-state index >= 15 is 0 Å². The number of halogens is 2. The van der Waals surface area contributed by atoms with Crippen molar-refractivity contribution in [3.8, 4) is 11.5 Å². The maximum absolute atomic E-state index is 12.1. The summed E-state index contributed by atoms with van der Waals surface area (Å²) in [6, 6.07) is 11.9. The first-order valence-electron chi connectivity index (χ1n) is 6.55. The van der Waals surface area contributed by atoms with Gasteiger partial charge in [0.2, 0.25) is 0 Å². The van der Waals surface area contributed by atoms with Crippen LogP contribution >= 0.6 is 23.2 Å². The summed E-state index contributed by atoms with van der Waals surface area (Å²) in [5.74, 6) is 0.808. The smallest absolute Gasteiger partial charge is 0.265 e. The highest BCUT2D eigenvalue weighted by atomic mass is 35.5. The molecular formula is C16H15Cl2NO3. The summed E-state index contributed by atoms with van der Waals surface area (Å²) in [5, 5.41) is 3.65. The van der Waals surface area contributed by atoms with Gasteiger partial charge in [-0.15, -0.1) is 0 Å². The number of nitrogens with one attached hydrogen (secondary N) is 1. The minimum absolute atomic E-state index is 0.288. The highest BCUT2D eigenvalue weighted by molar-refractivity contribution is 6.34. The highest BCUT2D eigenvalue weighted by Gasteiger charge is 2.15. The van der Waals surface area contributed by atoms with Crippen LogP contribution in [-0.2, 0) is 4.79 Å². The van der Waals surface area contributed by atoms with Crippen molar-refractivity contribution in [2.24, 2.45) is 0 Å². The normalized spacial score (nSPS) is 11.6. The average molecular weight is 340 g/mol. The molecule has 0 saturated heterocycles. The van der Waals surface area contributed by atoms with E-state index in [1.807, 2.05) is 0 Å². The minimum Gasteiger partial charge on any atom is -0.497 e. The number of hydrogen-bond donors (Lipinski definition) is 1. The van der Waals surface area contributed by atoms with Crippen LogP contribution < -0.4 is 14.8 Å². The van der Waals surface area contributed by atoms with Crippen molar-refractivity contribution in [1.29, 1.82) is 0 Å². The second-order valence-corrected chi connectivity index (χ2v) is 5.46. The van der Waals surface area contributed by atoms with Gasteiger partial charge in [-0.05, 0) is 37.3 Å². The number of methoxy groups -OCH3 is 1. The molecule has 1 N–H and O–H groups in total. The Bertz CT molecular complexity index is 656.